The number of nitrogens with one attached hydrogen (secondary N) is 1. The van der Waals surface area contributed by atoms with Crippen molar-refractivity contribution in [3.63, 3.8) is 0 Å². The minimum absolute atomic E-state index is 0.259. The van der Waals surface area contributed by atoms with Crippen LogP contribution in [-0.2, 0) is 0 Å². The Kier molecular flexibility index (Phi) is 5.10. The normalized spacial score (nSPS) is 12.4. The van der Waals surface area contributed by atoms with Crippen molar-refractivity contribution in [3.8, 4) is 11.4 Å². The predicted octanol–water partition coefficient (Wildman–Crippen LogP) is 4.17. The monoisotopic (exact) mass is 289 g/mol. The van der Waals surface area contributed by atoms with Crippen LogP contribution < -0.4 is 5.32 Å². The highest BCUT2D eigenvalue weighted by atomic mass is 35.5. The average Bonchev–Trinajstić information content (AvgIpc) is 2.45. The molecule has 0 spiro atoms. The van der Waals surface area contributed by atoms with Crippen LogP contribution >= 0.6 is 11.6 Å². The Balaban J connectivity index is 2.28. The molecule has 0 amide bonds. The van der Waals surface area contributed by atoms with E-state index in [2.05, 4.69) is 29.1 Å². The number of aromatic nitrogens is 2. The molecular formula is C16H20ClN3. The van der Waals surface area contributed by atoms with Crippen LogP contribution in [0.2, 0.25) is 5.02 Å². The Morgan fingerprint density at radius 1 is 1.30 bits per heavy atom. The first kappa shape index (κ1) is 14.9. The molecule has 1 aromatic heterocycles. The van der Waals surface area contributed by atoms with Crippen LogP contribution in [0.3, 0.4) is 0 Å². The lowest BCUT2D eigenvalue weighted by Gasteiger charge is -2.16. The van der Waals surface area contributed by atoms with Gasteiger partial charge in [-0.25, -0.2) is 9.97 Å². The first-order valence-corrected chi connectivity index (χ1v) is 7.33. The summed E-state index contributed by atoms with van der Waals surface area (Å²) in [6.07, 6.45) is 3.01. The molecule has 0 saturated carbocycles. The number of hydrogen-bond acceptors (Lipinski definition) is 3. The fraction of sp³-hybridized carbons (Fsp3) is 0.375. The minimum Gasteiger partial charge on any atom is -0.310 e. The van der Waals surface area contributed by atoms with Crippen molar-refractivity contribution in [2.24, 2.45) is 0 Å². The summed E-state index contributed by atoms with van der Waals surface area (Å²) in [4.78, 5) is 9.06. The summed E-state index contributed by atoms with van der Waals surface area (Å²) in [5.74, 6) is 0.680. The summed E-state index contributed by atoms with van der Waals surface area (Å²) in [5, 5.41) is 4.13. The molecular weight excluding hydrogens is 270 g/mol. The zero-order valence-corrected chi connectivity index (χ0v) is 12.9. The quantitative estimate of drug-likeness (QED) is 0.898. The van der Waals surface area contributed by atoms with Gasteiger partial charge in [-0.3, -0.25) is 0 Å². The molecule has 0 fully saturated rings. The van der Waals surface area contributed by atoms with Gasteiger partial charge in [0, 0.05) is 29.1 Å². The molecule has 4 heteroatoms. The van der Waals surface area contributed by atoms with Gasteiger partial charge in [0.1, 0.15) is 0 Å². The number of halogens is 1. The Labute approximate surface area is 125 Å². The van der Waals surface area contributed by atoms with Gasteiger partial charge in [-0.2, -0.15) is 0 Å². The molecule has 20 heavy (non-hydrogen) atoms. The van der Waals surface area contributed by atoms with E-state index in [4.69, 9.17) is 11.6 Å². The molecule has 1 aromatic carbocycles. The van der Waals surface area contributed by atoms with Gasteiger partial charge in [-0.1, -0.05) is 30.7 Å². The molecule has 1 heterocycles. The van der Waals surface area contributed by atoms with Gasteiger partial charge in [0.15, 0.2) is 5.82 Å². The molecule has 1 unspecified atom stereocenters. The molecule has 3 nitrogen and oxygen atoms in total. The highest BCUT2D eigenvalue weighted by molar-refractivity contribution is 6.33. The van der Waals surface area contributed by atoms with Gasteiger partial charge in [0.25, 0.3) is 0 Å². The maximum absolute atomic E-state index is 6.19. The van der Waals surface area contributed by atoms with E-state index in [9.17, 15) is 0 Å². The second kappa shape index (κ2) is 6.82. The van der Waals surface area contributed by atoms with Crippen molar-refractivity contribution in [1.29, 1.82) is 0 Å². The second-order valence-corrected chi connectivity index (χ2v) is 5.30. The smallest absolute Gasteiger partial charge is 0.160 e. The maximum Gasteiger partial charge on any atom is 0.160 e. The van der Waals surface area contributed by atoms with Crippen LogP contribution in [0.1, 0.15) is 37.6 Å². The largest absolute Gasteiger partial charge is 0.310 e. The van der Waals surface area contributed by atoms with Gasteiger partial charge < -0.3 is 5.32 Å². The molecule has 0 aliphatic heterocycles. The Morgan fingerprint density at radius 2 is 2.05 bits per heavy atom. The van der Waals surface area contributed by atoms with Crippen molar-refractivity contribution < 1.29 is 0 Å². The van der Waals surface area contributed by atoms with Crippen molar-refractivity contribution in [1.82, 2.24) is 15.3 Å². The topological polar surface area (TPSA) is 37.8 Å². The van der Waals surface area contributed by atoms with E-state index in [0.717, 1.165) is 29.8 Å². The molecule has 0 aliphatic carbocycles. The first-order valence-electron chi connectivity index (χ1n) is 6.95. The lowest BCUT2D eigenvalue weighted by atomic mass is 10.1. The standard InChI is InChI=1S/C16H20ClN3/c1-4-9-18-11(2)14-10-19-16(20-12(14)3)13-7-5-6-8-15(13)17/h5-8,10-11,18H,4,9H2,1-3H3. The number of rotatable bonds is 5. The summed E-state index contributed by atoms with van der Waals surface area (Å²) in [5.41, 5.74) is 3.00. The predicted molar refractivity (Wildman–Crippen MR) is 83.9 cm³/mol. The molecule has 0 aliphatic rings. The van der Waals surface area contributed by atoms with Crippen LogP contribution in [0, 0.1) is 6.92 Å². The summed E-state index contributed by atoms with van der Waals surface area (Å²) in [6, 6.07) is 7.91. The van der Waals surface area contributed by atoms with Crippen molar-refractivity contribution in [3.05, 3.63) is 46.7 Å². The zero-order valence-electron chi connectivity index (χ0n) is 12.2. The Hall–Kier alpha value is -1.45. The van der Waals surface area contributed by atoms with E-state index < -0.39 is 0 Å². The summed E-state index contributed by atoms with van der Waals surface area (Å²) >= 11 is 6.19. The molecule has 0 bridgehead atoms. The van der Waals surface area contributed by atoms with Crippen LogP contribution in [0.25, 0.3) is 11.4 Å². The van der Waals surface area contributed by atoms with E-state index >= 15 is 0 Å². The number of nitrogens with zero attached hydrogens (tertiary/aromatic N) is 2. The molecule has 1 atom stereocenters. The van der Waals surface area contributed by atoms with Crippen molar-refractivity contribution in [2.75, 3.05) is 6.54 Å². The minimum atomic E-state index is 0.259. The summed E-state index contributed by atoms with van der Waals surface area (Å²) < 4.78 is 0. The lowest BCUT2D eigenvalue weighted by molar-refractivity contribution is 0.564. The molecule has 2 rings (SSSR count). The summed E-state index contributed by atoms with van der Waals surface area (Å²) in [7, 11) is 0. The Bertz CT molecular complexity index is 584. The molecule has 0 radical (unpaired) electrons. The third-order valence-corrected chi connectivity index (χ3v) is 3.63. The van der Waals surface area contributed by atoms with Gasteiger partial charge in [-0.05, 0) is 38.9 Å². The molecule has 106 valence electrons. The maximum atomic E-state index is 6.19. The molecule has 2 aromatic rings. The van der Waals surface area contributed by atoms with Gasteiger partial charge in [0.05, 0.1) is 5.02 Å². The van der Waals surface area contributed by atoms with E-state index in [1.54, 1.807) is 0 Å². The zero-order chi connectivity index (χ0) is 14.5. The van der Waals surface area contributed by atoms with Crippen LogP contribution in [-0.4, -0.2) is 16.5 Å². The molecule has 1 N–H and O–H groups in total. The van der Waals surface area contributed by atoms with Gasteiger partial charge in [0.2, 0.25) is 0 Å². The van der Waals surface area contributed by atoms with Crippen LogP contribution in [0.15, 0.2) is 30.5 Å². The van der Waals surface area contributed by atoms with Gasteiger partial charge in [-0.15, -0.1) is 0 Å². The molecule has 0 saturated heterocycles. The van der Waals surface area contributed by atoms with Crippen molar-refractivity contribution >= 4 is 11.6 Å². The third kappa shape index (κ3) is 3.35. The first-order chi connectivity index (χ1) is 9.63. The highest BCUT2D eigenvalue weighted by Gasteiger charge is 2.12. The number of hydrogen-bond donors (Lipinski definition) is 1. The fourth-order valence-corrected chi connectivity index (χ4v) is 2.36. The van der Waals surface area contributed by atoms with Crippen LogP contribution in [0.4, 0.5) is 0 Å². The van der Waals surface area contributed by atoms with E-state index in [1.165, 1.54) is 0 Å². The van der Waals surface area contributed by atoms with Crippen LogP contribution in [0.5, 0.6) is 0 Å². The van der Waals surface area contributed by atoms with Crippen molar-refractivity contribution in [2.45, 2.75) is 33.2 Å². The average molecular weight is 290 g/mol. The lowest BCUT2D eigenvalue weighted by Crippen LogP contribution is -2.20. The summed E-state index contributed by atoms with van der Waals surface area (Å²) in [6.45, 7) is 7.30. The second-order valence-electron chi connectivity index (χ2n) is 4.89. The number of aryl methyl sites for hydroxylation is 1. The van der Waals surface area contributed by atoms with E-state index in [0.29, 0.717) is 10.8 Å². The third-order valence-electron chi connectivity index (χ3n) is 3.30. The SMILES string of the molecule is CCCNC(C)c1cnc(-c2ccccc2Cl)nc1C. The van der Waals surface area contributed by atoms with E-state index in [-0.39, 0.29) is 6.04 Å². The van der Waals surface area contributed by atoms with E-state index in [1.807, 2.05) is 37.4 Å². The highest BCUT2D eigenvalue weighted by Crippen LogP contribution is 2.26. The fourth-order valence-electron chi connectivity index (χ4n) is 2.14. The Morgan fingerprint density at radius 3 is 2.70 bits per heavy atom. The number of benzene rings is 1. The van der Waals surface area contributed by atoms with Gasteiger partial charge >= 0.3 is 0 Å².